The first-order chi connectivity index (χ1) is 12.6. The van der Waals surface area contributed by atoms with E-state index < -0.39 is 0 Å². The van der Waals surface area contributed by atoms with E-state index >= 15 is 0 Å². The van der Waals surface area contributed by atoms with Gasteiger partial charge in [0.05, 0.1) is 6.54 Å². The minimum atomic E-state index is -0.302. The molecule has 6 heteroatoms. The Bertz CT molecular complexity index is 792. The topological polar surface area (TPSA) is 52.7 Å². The molecule has 1 N–H and O–H groups in total. The van der Waals surface area contributed by atoms with Crippen LogP contribution in [0.2, 0.25) is 0 Å². The predicted molar refractivity (Wildman–Crippen MR) is 98.6 cm³/mol. The molecule has 0 unspecified atom stereocenters. The zero-order chi connectivity index (χ0) is 18.5. The first-order valence-electron chi connectivity index (χ1n) is 8.78. The lowest BCUT2D eigenvalue weighted by Crippen LogP contribution is -2.49. The fraction of sp³-hybridized carbons (Fsp3) is 0.300. The third-order valence-corrected chi connectivity index (χ3v) is 4.41. The molecular formula is C20H22FN3O2. The Labute approximate surface area is 152 Å². The molecule has 2 aromatic carbocycles. The first-order valence-corrected chi connectivity index (χ1v) is 8.78. The molecule has 1 heterocycles. The molecule has 0 aliphatic carbocycles. The average molecular weight is 355 g/mol. The lowest BCUT2D eigenvalue weighted by atomic mass is 10.1. The summed E-state index contributed by atoms with van der Waals surface area (Å²) in [6.45, 7) is 3.88. The van der Waals surface area contributed by atoms with Gasteiger partial charge >= 0.3 is 6.03 Å². The molecule has 136 valence electrons. The van der Waals surface area contributed by atoms with Gasteiger partial charge in [0, 0.05) is 36.4 Å². The Balaban J connectivity index is 1.73. The number of hydrogen-bond acceptors (Lipinski definition) is 2. The van der Waals surface area contributed by atoms with Gasteiger partial charge in [0.15, 0.2) is 0 Å². The van der Waals surface area contributed by atoms with Gasteiger partial charge in [-0.25, -0.2) is 9.18 Å². The molecule has 26 heavy (non-hydrogen) atoms. The minimum absolute atomic E-state index is 0.134. The van der Waals surface area contributed by atoms with Crippen LogP contribution in [0.4, 0.5) is 14.9 Å². The zero-order valence-corrected chi connectivity index (χ0v) is 14.7. The molecule has 1 aliphatic rings. The number of amides is 3. The van der Waals surface area contributed by atoms with Gasteiger partial charge in [0.1, 0.15) is 5.82 Å². The van der Waals surface area contributed by atoms with Crippen molar-refractivity contribution in [2.24, 2.45) is 0 Å². The fourth-order valence-corrected chi connectivity index (χ4v) is 3.06. The van der Waals surface area contributed by atoms with Crippen LogP contribution in [0.15, 0.2) is 48.5 Å². The third kappa shape index (κ3) is 3.85. The molecule has 5 nitrogen and oxygen atoms in total. The monoisotopic (exact) mass is 355 g/mol. The Kier molecular flexibility index (Phi) is 5.51. The average Bonchev–Trinajstić information content (AvgIpc) is 2.65. The molecule has 0 saturated carbocycles. The van der Waals surface area contributed by atoms with Crippen LogP contribution < -0.4 is 10.2 Å². The Hall–Kier alpha value is -2.89. The number of hydrogen-bond donors (Lipinski definition) is 1. The minimum Gasteiger partial charge on any atom is -0.352 e. The number of halogens is 1. The van der Waals surface area contributed by atoms with Gasteiger partial charge in [-0.05, 0) is 43.7 Å². The second-order valence-corrected chi connectivity index (χ2v) is 6.21. The first kappa shape index (κ1) is 17.9. The highest BCUT2D eigenvalue weighted by molar-refractivity contribution is 5.96. The van der Waals surface area contributed by atoms with E-state index in [2.05, 4.69) is 5.32 Å². The second kappa shape index (κ2) is 7.99. The van der Waals surface area contributed by atoms with E-state index in [1.54, 1.807) is 52.3 Å². The fourth-order valence-electron chi connectivity index (χ4n) is 3.06. The highest BCUT2D eigenvalue weighted by Crippen LogP contribution is 2.22. The van der Waals surface area contributed by atoms with Crippen LogP contribution in [0.25, 0.3) is 0 Å². The molecule has 0 atom stereocenters. The summed E-state index contributed by atoms with van der Waals surface area (Å²) in [5.74, 6) is -0.436. The molecule has 3 rings (SSSR count). The zero-order valence-electron chi connectivity index (χ0n) is 14.7. The Morgan fingerprint density at radius 3 is 2.54 bits per heavy atom. The van der Waals surface area contributed by atoms with E-state index in [0.29, 0.717) is 30.8 Å². The van der Waals surface area contributed by atoms with Crippen molar-refractivity contribution in [2.45, 2.75) is 19.9 Å². The van der Waals surface area contributed by atoms with E-state index in [0.717, 1.165) is 12.1 Å². The van der Waals surface area contributed by atoms with Gasteiger partial charge in [-0.15, -0.1) is 0 Å². The maximum Gasteiger partial charge on any atom is 0.324 e. The number of nitrogens with one attached hydrogen (secondary N) is 1. The summed E-state index contributed by atoms with van der Waals surface area (Å²) in [5.41, 5.74) is 1.80. The normalized spacial score (nSPS) is 14.5. The van der Waals surface area contributed by atoms with Gasteiger partial charge in [0.2, 0.25) is 0 Å². The molecule has 0 bridgehead atoms. The summed E-state index contributed by atoms with van der Waals surface area (Å²) in [5, 5.41) is 2.75. The number of carbonyl (C=O) groups excluding carboxylic acids is 2. The lowest BCUT2D eigenvalue weighted by Gasteiger charge is -2.35. The number of anilines is 1. The number of urea groups is 1. The molecule has 1 aliphatic heterocycles. The highest BCUT2D eigenvalue weighted by Gasteiger charge is 2.27. The third-order valence-electron chi connectivity index (χ3n) is 4.41. The standard InChI is InChI=1S/C20H22FN3O2/c1-2-22-19(25)15-8-10-17(11-9-15)24-13-5-12-23(20(24)26)14-16-6-3-4-7-18(16)21/h3-4,6-11H,2,5,12-14H2,1H3,(H,22,25). The SMILES string of the molecule is CCNC(=O)c1ccc(N2CCCN(Cc3ccccc3F)C2=O)cc1. The number of nitrogens with zero attached hydrogens (tertiary/aromatic N) is 2. The number of carbonyl (C=O) groups is 2. The molecule has 0 aromatic heterocycles. The predicted octanol–water partition coefficient (Wildman–Crippen LogP) is 3.41. The largest absolute Gasteiger partial charge is 0.352 e. The molecule has 2 aromatic rings. The quantitative estimate of drug-likeness (QED) is 0.894. The van der Waals surface area contributed by atoms with Crippen molar-refractivity contribution in [3.05, 3.63) is 65.5 Å². The van der Waals surface area contributed by atoms with Crippen LogP contribution in [-0.2, 0) is 6.54 Å². The summed E-state index contributed by atoms with van der Waals surface area (Å²) in [7, 11) is 0. The van der Waals surface area contributed by atoms with Crippen molar-refractivity contribution in [3.8, 4) is 0 Å². The van der Waals surface area contributed by atoms with Crippen LogP contribution in [0.1, 0.15) is 29.3 Å². The van der Waals surface area contributed by atoms with Crippen molar-refractivity contribution in [1.82, 2.24) is 10.2 Å². The van der Waals surface area contributed by atoms with Crippen molar-refractivity contribution < 1.29 is 14.0 Å². The summed E-state index contributed by atoms with van der Waals surface area (Å²) in [6, 6.07) is 13.3. The van der Waals surface area contributed by atoms with Crippen LogP contribution >= 0.6 is 0 Å². The summed E-state index contributed by atoms with van der Waals surface area (Å²) < 4.78 is 13.9. The molecule has 1 fully saturated rings. The van der Waals surface area contributed by atoms with E-state index in [1.165, 1.54) is 6.07 Å². The van der Waals surface area contributed by atoms with Crippen molar-refractivity contribution in [2.75, 3.05) is 24.5 Å². The van der Waals surface area contributed by atoms with Gasteiger partial charge in [-0.3, -0.25) is 9.69 Å². The maximum absolute atomic E-state index is 13.9. The van der Waals surface area contributed by atoms with Crippen LogP contribution in [0, 0.1) is 5.82 Å². The van der Waals surface area contributed by atoms with Gasteiger partial charge < -0.3 is 10.2 Å². The van der Waals surface area contributed by atoms with Gasteiger partial charge in [0.25, 0.3) is 5.91 Å². The van der Waals surface area contributed by atoms with Gasteiger partial charge in [-0.2, -0.15) is 0 Å². The number of rotatable bonds is 5. The van der Waals surface area contributed by atoms with Crippen molar-refractivity contribution in [3.63, 3.8) is 0 Å². The second-order valence-electron chi connectivity index (χ2n) is 6.21. The van der Waals surface area contributed by atoms with E-state index in [4.69, 9.17) is 0 Å². The molecule has 0 spiro atoms. The molecule has 1 saturated heterocycles. The summed E-state index contributed by atoms with van der Waals surface area (Å²) in [4.78, 5) is 28.0. The van der Waals surface area contributed by atoms with Crippen LogP contribution in [0.3, 0.4) is 0 Å². The number of benzene rings is 2. The maximum atomic E-state index is 13.9. The summed E-state index contributed by atoms with van der Waals surface area (Å²) in [6.07, 6.45) is 0.804. The molecular weight excluding hydrogens is 333 g/mol. The van der Waals surface area contributed by atoms with Crippen LogP contribution in [-0.4, -0.2) is 36.5 Å². The Morgan fingerprint density at radius 2 is 1.85 bits per heavy atom. The van der Waals surface area contributed by atoms with E-state index in [1.807, 2.05) is 6.92 Å². The molecule has 0 radical (unpaired) electrons. The van der Waals surface area contributed by atoms with Crippen molar-refractivity contribution >= 4 is 17.6 Å². The lowest BCUT2D eigenvalue weighted by molar-refractivity contribution is 0.0956. The highest BCUT2D eigenvalue weighted by atomic mass is 19.1. The molecule has 3 amide bonds. The smallest absolute Gasteiger partial charge is 0.324 e. The summed E-state index contributed by atoms with van der Waals surface area (Å²) >= 11 is 0. The van der Waals surface area contributed by atoms with Gasteiger partial charge in [-0.1, -0.05) is 18.2 Å². The van der Waals surface area contributed by atoms with E-state index in [-0.39, 0.29) is 24.3 Å². The Morgan fingerprint density at radius 1 is 1.12 bits per heavy atom. The van der Waals surface area contributed by atoms with E-state index in [9.17, 15) is 14.0 Å². The van der Waals surface area contributed by atoms with Crippen molar-refractivity contribution in [1.29, 1.82) is 0 Å². The van der Waals surface area contributed by atoms with Crippen LogP contribution in [0.5, 0.6) is 0 Å².